The van der Waals surface area contributed by atoms with Crippen molar-refractivity contribution in [3.8, 4) is 0 Å². The van der Waals surface area contributed by atoms with E-state index in [4.69, 9.17) is 4.74 Å². The maximum atomic E-state index is 11.9. The molecule has 154 valence electrons. The van der Waals surface area contributed by atoms with Crippen molar-refractivity contribution >= 4 is 5.97 Å². The molecule has 2 unspecified atom stereocenters. The Bertz CT molecular complexity index is 892. The number of methoxy groups -OCH3 is 1. The Morgan fingerprint density at radius 2 is 1.30 bits per heavy atom. The predicted molar refractivity (Wildman–Crippen MR) is 117 cm³/mol. The molecule has 2 atom stereocenters. The van der Waals surface area contributed by atoms with Crippen molar-refractivity contribution in [3.05, 3.63) is 107 Å². The highest BCUT2D eigenvalue weighted by molar-refractivity contribution is 5.89. The van der Waals surface area contributed by atoms with Gasteiger partial charge < -0.3 is 4.74 Å². The molecule has 2 N–H and O–H groups in total. The molecule has 4 nitrogen and oxygen atoms in total. The molecule has 3 aromatic carbocycles. The van der Waals surface area contributed by atoms with E-state index in [1.54, 1.807) is 9.80 Å². The number of quaternary nitrogens is 2. The van der Waals surface area contributed by atoms with Crippen molar-refractivity contribution in [2.75, 3.05) is 20.2 Å². The fraction of sp³-hybridized carbons (Fsp3) is 0.269. The third kappa shape index (κ3) is 4.78. The van der Waals surface area contributed by atoms with Crippen LogP contribution in [0.4, 0.5) is 0 Å². The Kier molecular flexibility index (Phi) is 6.57. The number of rotatable bonds is 6. The highest BCUT2D eigenvalue weighted by Crippen LogP contribution is 2.12. The zero-order valence-electron chi connectivity index (χ0n) is 17.5. The SMILES string of the molecule is COC(=O)c1ccc(C2[NH+](Cc3ccccc3)CCC[NH+]2Cc2ccccc2)cc1. The first-order valence-electron chi connectivity index (χ1n) is 10.7. The summed E-state index contributed by atoms with van der Waals surface area (Å²) < 4.78 is 4.87. The smallest absolute Gasteiger partial charge is 0.337 e. The zero-order chi connectivity index (χ0) is 20.8. The van der Waals surface area contributed by atoms with E-state index in [-0.39, 0.29) is 5.97 Å². The molecule has 3 aromatic rings. The van der Waals surface area contributed by atoms with E-state index in [2.05, 4.69) is 72.8 Å². The van der Waals surface area contributed by atoms with Crippen LogP contribution in [0.2, 0.25) is 0 Å². The third-order valence-electron chi connectivity index (χ3n) is 6.03. The normalized spacial score (nSPS) is 21.2. The second kappa shape index (κ2) is 9.70. The van der Waals surface area contributed by atoms with Gasteiger partial charge in [-0.15, -0.1) is 0 Å². The van der Waals surface area contributed by atoms with Crippen LogP contribution in [0.15, 0.2) is 84.9 Å². The van der Waals surface area contributed by atoms with Gasteiger partial charge in [0.05, 0.1) is 31.3 Å². The average molecular weight is 403 g/mol. The molecular weight excluding hydrogens is 372 g/mol. The Balaban J connectivity index is 1.64. The fourth-order valence-electron chi connectivity index (χ4n) is 4.62. The van der Waals surface area contributed by atoms with Crippen LogP contribution in [-0.4, -0.2) is 26.2 Å². The number of benzene rings is 3. The van der Waals surface area contributed by atoms with E-state index >= 15 is 0 Å². The van der Waals surface area contributed by atoms with E-state index in [1.807, 2.05) is 12.1 Å². The molecule has 4 rings (SSSR count). The molecule has 1 aliphatic rings. The first-order chi connectivity index (χ1) is 14.7. The van der Waals surface area contributed by atoms with Gasteiger partial charge >= 0.3 is 5.97 Å². The molecule has 0 aliphatic carbocycles. The summed E-state index contributed by atoms with van der Waals surface area (Å²) >= 11 is 0. The van der Waals surface area contributed by atoms with E-state index in [0.29, 0.717) is 11.7 Å². The molecular formula is C26H30N2O2+2. The van der Waals surface area contributed by atoms with Crippen LogP contribution in [0.5, 0.6) is 0 Å². The number of hydrogen-bond donors (Lipinski definition) is 2. The van der Waals surface area contributed by atoms with Gasteiger partial charge in [-0.25, -0.2) is 4.79 Å². The number of carbonyl (C=O) groups excluding carboxylic acids is 1. The topological polar surface area (TPSA) is 35.2 Å². The van der Waals surface area contributed by atoms with Crippen molar-refractivity contribution in [2.24, 2.45) is 0 Å². The molecule has 0 saturated carbocycles. The molecule has 30 heavy (non-hydrogen) atoms. The molecule has 1 saturated heterocycles. The number of esters is 1. The van der Waals surface area contributed by atoms with Crippen LogP contribution in [0, 0.1) is 0 Å². The Labute approximate surface area is 178 Å². The highest BCUT2D eigenvalue weighted by atomic mass is 16.5. The zero-order valence-corrected chi connectivity index (χ0v) is 17.5. The van der Waals surface area contributed by atoms with Crippen molar-refractivity contribution < 1.29 is 19.3 Å². The number of hydrogen-bond acceptors (Lipinski definition) is 2. The predicted octanol–water partition coefficient (Wildman–Crippen LogP) is 2.05. The lowest BCUT2D eigenvalue weighted by molar-refractivity contribution is -1.16. The Morgan fingerprint density at radius 3 is 1.77 bits per heavy atom. The fourth-order valence-corrected chi connectivity index (χ4v) is 4.62. The van der Waals surface area contributed by atoms with E-state index in [0.717, 1.165) is 26.2 Å². The summed E-state index contributed by atoms with van der Waals surface area (Å²) in [6.07, 6.45) is 1.53. The largest absolute Gasteiger partial charge is 0.465 e. The summed E-state index contributed by atoms with van der Waals surface area (Å²) in [6, 6.07) is 29.5. The van der Waals surface area contributed by atoms with Gasteiger partial charge in [0.2, 0.25) is 6.17 Å². The second-order valence-corrected chi connectivity index (χ2v) is 8.04. The summed E-state index contributed by atoms with van der Waals surface area (Å²) in [7, 11) is 1.43. The van der Waals surface area contributed by atoms with Gasteiger partial charge in [0.1, 0.15) is 13.1 Å². The summed E-state index contributed by atoms with van der Waals surface area (Å²) in [5.41, 5.74) is 4.61. The Hall–Kier alpha value is -2.95. The van der Waals surface area contributed by atoms with Gasteiger partial charge in [0, 0.05) is 17.5 Å². The van der Waals surface area contributed by atoms with E-state index < -0.39 is 0 Å². The molecule has 0 spiro atoms. The maximum absolute atomic E-state index is 11.9. The van der Waals surface area contributed by atoms with Crippen LogP contribution in [0.25, 0.3) is 0 Å². The lowest BCUT2D eigenvalue weighted by atomic mass is 10.0. The van der Waals surface area contributed by atoms with Crippen LogP contribution in [-0.2, 0) is 17.8 Å². The van der Waals surface area contributed by atoms with Crippen LogP contribution in [0.3, 0.4) is 0 Å². The van der Waals surface area contributed by atoms with Crippen LogP contribution < -0.4 is 9.80 Å². The van der Waals surface area contributed by atoms with Gasteiger partial charge in [-0.2, -0.15) is 0 Å². The first-order valence-corrected chi connectivity index (χ1v) is 10.7. The van der Waals surface area contributed by atoms with E-state index in [9.17, 15) is 4.79 Å². The minimum Gasteiger partial charge on any atom is -0.465 e. The van der Waals surface area contributed by atoms with Crippen molar-refractivity contribution in [2.45, 2.75) is 25.7 Å². The van der Waals surface area contributed by atoms with Gasteiger partial charge in [0.15, 0.2) is 0 Å². The molecule has 0 bridgehead atoms. The molecule has 1 aliphatic heterocycles. The standard InChI is InChI=1S/C26H28N2O2/c1-30-26(29)24-15-13-23(14-16-24)25-27(19-21-9-4-2-5-10-21)17-8-18-28(25)20-22-11-6-3-7-12-22/h2-7,9-16,25H,8,17-20H2,1H3/p+2. The molecule has 0 radical (unpaired) electrons. The van der Waals surface area contributed by atoms with Crippen molar-refractivity contribution in [1.29, 1.82) is 0 Å². The number of carbonyl (C=O) groups is 1. The molecule has 4 heteroatoms. The number of ether oxygens (including phenoxy) is 1. The van der Waals surface area contributed by atoms with Crippen LogP contribution in [0.1, 0.15) is 39.6 Å². The van der Waals surface area contributed by atoms with Crippen LogP contribution >= 0.6 is 0 Å². The molecule has 0 amide bonds. The average Bonchev–Trinajstić information content (AvgIpc) is 2.80. The Morgan fingerprint density at radius 1 is 0.800 bits per heavy atom. The molecule has 0 aromatic heterocycles. The van der Waals surface area contributed by atoms with Crippen molar-refractivity contribution in [1.82, 2.24) is 0 Å². The minimum absolute atomic E-state index is 0.285. The lowest BCUT2D eigenvalue weighted by Crippen LogP contribution is -3.32. The van der Waals surface area contributed by atoms with Gasteiger partial charge in [-0.1, -0.05) is 60.7 Å². The quantitative estimate of drug-likeness (QED) is 0.619. The second-order valence-electron chi connectivity index (χ2n) is 8.04. The van der Waals surface area contributed by atoms with Gasteiger partial charge in [-0.3, -0.25) is 9.80 Å². The molecule has 1 fully saturated rings. The first kappa shape index (κ1) is 20.3. The lowest BCUT2D eigenvalue weighted by Gasteiger charge is -2.38. The maximum Gasteiger partial charge on any atom is 0.337 e. The highest BCUT2D eigenvalue weighted by Gasteiger charge is 2.37. The van der Waals surface area contributed by atoms with Crippen molar-refractivity contribution in [3.63, 3.8) is 0 Å². The minimum atomic E-state index is -0.285. The third-order valence-corrected chi connectivity index (χ3v) is 6.03. The van der Waals surface area contributed by atoms with E-state index in [1.165, 1.54) is 30.2 Å². The monoisotopic (exact) mass is 402 g/mol. The summed E-state index contributed by atoms with van der Waals surface area (Å²) in [5.74, 6) is -0.285. The number of nitrogens with one attached hydrogen (secondary N) is 2. The summed E-state index contributed by atoms with van der Waals surface area (Å²) in [4.78, 5) is 15.0. The summed E-state index contributed by atoms with van der Waals surface area (Å²) in [5, 5.41) is 0. The van der Waals surface area contributed by atoms with Gasteiger partial charge in [0.25, 0.3) is 0 Å². The molecule has 1 heterocycles. The van der Waals surface area contributed by atoms with Gasteiger partial charge in [-0.05, 0) is 24.3 Å². The summed E-state index contributed by atoms with van der Waals surface area (Å²) in [6.45, 7) is 4.30.